The largest absolute Gasteiger partial charge is 0.355 e. The quantitative estimate of drug-likeness (QED) is 0.163. The number of aryl methyl sites for hydroxylation is 3. The van der Waals surface area contributed by atoms with Gasteiger partial charge in [0.15, 0.2) is 0 Å². The second-order valence-electron chi connectivity index (χ2n) is 9.68. The Labute approximate surface area is 254 Å². The summed E-state index contributed by atoms with van der Waals surface area (Å²) in [6.45, 7) is 21.5. The Morgan fingerprint density at radius 1 is 0.951 bits per heavy atom. The fourth-order valence-corrected chi connectivity index (χ4v) is 3.84. The van der Waals surface area contributed by atoms with Crippen LogP contribution in [-0.4, -0.2) is 61.2 Å². The molecule has 6 nitrogen and oxygen atoms in total. The molecule has 2 amide bonds. The molecule has 7 heteroatoms. The maximum Gasteiger partial charge on any atom is 0.222 e. The van der Waals surface area contributed by atoms with Crippen LogP contribution in [0.15, 0.2) is 54.0 Å². The molecule has 0 saturated heterocycles. The van der Waals surface area contributed by atoms with Crippen LogP contribution in [0.1, 0.15) is 75.3 Å². The van der Waals surface area contributed by atoms with Crippen molar-refractivity contribution in [2.45, 2.75) is 74.1 Å². The minimum atomic E-state index is 0.123. The Balaban J connectivity index is 0.000000603. The van der Waals surface area contributed by atoms with Gasteiger partial charge in [0.05, 0.1) is 10.7 Å². The molecular formula is C34H54N4O2S. The zero-order valence-corrected chi connectivity index (χ0v) is 27.8. The van der Waals surface area contributed by atoms with Crippen molar-refractivity contribution in [2.75, 3.05) is 39.5 Å². The molecule has 2 aromatic rings. The van der Waals surface area contributed by atoms with Gasteiger partial charge in [-0.15, -0.1) is 11.8 Å². The third-order valence-electron chi connectivity index (χ3n) is 6.57. The molecule has 0 fully saturated rings. The summed E-state index contributed by atoms with van der Waals surface area (Å²) < 4.78 is 0. The van der Waals surface area contributed by atoms with Gasteiger partial charge in [0.1, 0.15) is 0 Å². The third kappa shape index (κ3) is 16.8. The molecular weight excluding hydrogens is 528 g/mol. The number of amides is 2. The summed E-state index contributed by atoms with van der Waals surface area (Å²) in [5, 5.41) is 6.92. The molecule has 2 aromatic carbocycles. The van der Waals surface area contributed by atoms with E-state index >= 15 is 0 Å². The highest BCUT2D eigenvalue weighted by Crippen LogP contribution is 2.19. The Kier molecular flexibility index (Phi) is 21.1. The van der Waals surface area contributed by atoms with Crippen molar-refractivity contribution in [2.24, 2.45) is 4.99 Å². The maximum atomic E-state index is 11.4. The summed E-state index contributed by atoms with van der Waals surface area (Å²) >= 11 is 1.64. The number of carbonyl (C=O) groups is 2. The number of nitrogens with one attached hydrogen (secondary N) is 2. The first-order chi connectivity index (χ1) is 19.5. The molecule has 228 valence electrons. The van der Waals surface area contributed by atoms with Gasteiger partial charge in [-0.05, 0) is 80.3 Å². The first-order valence-corrected chi connectivity index (χ1v) is 15.9. The highest BCUT2D eigenvalue weighted by atomic mass is 32.2. The summed E-state index contributed by atoms with van der Waals surface area (Å²) in [5.41, 5.74) is 7.28. The number of likely N-dealkylation sites (N-methyl/N-ethyl adjacent to an activating group) is 2. The summed E-state index contributed by atoms with van der Waals surface area (Å²) in [4.78, 5) is 28.3. The van der Waals surface area contributed by atoms with Crippen LogP contribution in [0, 0.1) is 13.8 Å². The van der Waals surface area contributed by atoms with Crippen LogP contribution < -0.4 is 10.6 Å². The lowest BCUT2D eigenvalue weighted by Crippen LogP contribution is -2.31. The molecule has 0 spiro atoms. The Morgan fingerprint density at radius 2 is 1.61 bits per heavy atom. The Hall–Kier alpha value is -2.90. The standard InChI is InChI=1S/C14H21NO.C13H17NS.C7H16N2O/c1-4-12-8-6-7-9-13(12)10-11-15(3)14(16)5-2;1-9-6-7-13(8-10(9)2)11(3)14-12(4)15-5;1-3-7(10)9-6-5-8-4-2/h6-9H,4-5,10-11H2,1-3H3;6-8H,3H2,1-2,4-5H3;8H,3-6H2,1-2H3,(H,9,10). The van der Waals surface area contributed by atoms with E-state index in [-0.39, 0.29) is 11.8 Å². The Bertz CT molecular complexity index is 1100. The van der Waals surface area contributed by atoms with Crippen LogP contribution >= 0.6 is 11.8 Å². The molecule has 0 aliphatic rings. The SMILES string of the molecule is C=C(N=C(C)SC)c1ccc(C)c(C)c1.CCC(=O)N(C)CCc1ccccc1CC.CCNCCNC(=O)CC. The zero-order chi connectivity index (χ0) is 31.2. The summed E-state index contributed by atoms with van der Waals surface area (Å²) in [5.74, 6) is 0.340. The van der Waals surface area contributed by atoms with E-state index in [0.29, 0.717) is 12.8 Å². The van der Waals surface area contributed by atoms with Crippen molar-refractivity contribution in [3.63, 3.8) is 0 Å². The van der Waals surface area contributed by atoms with E-state index in [1.54, 1.807) is 11.8 Å². The Morgan fingerprint density at radius 3 is 2.15 bits per heavy atom. The van der Waals surface area contributed by atoms with Crippen molar-refractivity contribution < 1.29 is 9.59 Å². The maximum absolute atomic E-state index is 11.4. The average molecular weight is 583 g/mol. The van der Waals surface area contributed by atoms with Crippen LogP contribution in [0.3, 0.4) is 0 Å². The molecule has 0 heterocycles. The van der Waals surface area contributed by atoms with E-state index in [0.717, 1.165) is 55.3 Å². The average Bonchev–Trinajstić information content (AvgIpc) is 2.99. The first-order valence-electron chi connectivity index (χ1n) is 14.7. The van der Waals surface area contributed by atoms with E-state index in [1.807, 2.05) is 45.9 Å². The van der Waals surface area contributed by atoms with Crippen molar-refractivity contribution in [3.8, 4) is 0 Å². The fourth-order valence-electron chi connectivity index (χ4n) is 3.64. The molecule has 0 unspecified atom stereocenters. The highest BCUT2D eigenvalue weighted by molar-refractivity contribution is 8.13. The number of nitrogens with zero attached hydrogens (tertiary/aromatic N) is 2. The summed E-state index contributed by atoms with van der Waals surface area (Å²) in [7, 11) is 1.88. The highest BCUT2D eigenvalue weighted by Gasteiger charge is 2.07. The molecule has 0 bridgehead atoms. The van der Waals surface area contributed by atoms with Gasteiger partial charge in [0, 0.05) is 39.5 Å². The monoisotopic (exact) mass is 582 g/mol. The molecule has 0 aliphatic carbocycles. The van der Waals surface area contributed by atoms with Crippen molar-refractivity contribution in [3.05, 3.63) is 76.9 Å². The van der Waals surface area contributed by atoms with Gasteiger partial charge in [-0.2, -0.15) is 0 Å². The molecule has 41 heavy (non-hydrogen) atoms. The minimum absolute atomic E-state index is 0.123. The number of hydrogen-bond acceptors (Lipinski definition) is 5. The van der Waals surface area contributed by atoms with E-state index in [4.69, 9.17) is 0 Å². The van der Waals surface area contributed by atoms with Gasteiger partial charge in [-0.25, -0.2) is 4.99 Å². The van der Waals surface area contributed by atoms with Crippen molar-refractivity contribution in [1.29, 1.82) is 0 Å². The van der Waals surface area contributed by atoms with Crippen LogP contribution in [0.2, 0.25) is 0 Å². The number of aliphatic imine (C=N–C) groups is 1. The molecule has 0 aliphatic heterocycles. The van der Waals surface area contributed by atoms with Gasteiger partial charge in [-0.1, -0.05) is 70.7 Å². The normalized spacial score (nSPS) is 10.5. The van der Waals surface area contributed by atoms with E-state index in [1.165, 1.54) is 22.3 Å². The predicted octanol–water partition coefficient (Wildman–Crippen LogP) is 6.84. The number of hydrogen-bond donors (Lipinski definition) is 2. The topological polar surface area (TPSA) is 73.8 Å². The van der Waals surface area contributed by atoms with Crippen LogP contribution in [0.25, 0.3) is 5.70 Å². The lowest BCUT2D eigenvalue weighted by Gasteiger charge is -2.17. The van der Waals surface area contributed by atoms with Gasteiger partial charge in [-0.3, -0.25) is 9.59 Å². The van der Waals surface area contributed by atoms with Gasteiger partial charge in [0.25, 0.3) is 0 Å². The van der Waals surface area contributed by atoms with Crippen molar-refractivity contribution in [1.82, 2.24) is 15.5 Å². The van der Waals surface area contributed by atoms with Crippen LogP contribution in [0.4, 0.5) is 0 Å². The number of rotatable bonds is 12. The smallest absolute Gasteiger partial charge is 0.222 e. The first kappa shape index (κ1) is 38.1. The number of thioether (sulfide) groups is 1. The molecule has 2 N–H and O–H groups in total. The lowest BCUT2D eigenvalue weighted by atomic mass is 10.0. The van der Waals surface area contributed by atoms with Crippen molar-refractivity contribution >= 4 is 34.3 Å². The number of benzene rings is 2. The summed E-state index contributed by atoms with van der Waals surface area (Å²) in [6, 6.07) is 14.8. The predicted molar refractivity (Wildman–Crippen MR) is 181 cm³/mol. The van der Waals surface area contributed by atoms with E-state index < -0.39 is 0 Å². The van der Waals surface area contributed by atoms with Gasteiger partial charge < -0.3 is 15.5 Å². The van der Waals surface area contributed by atoms with Crippen LogP contribution in [0.5, 0.6) is 0 Å². The second kappa shape index (κ2) is 22.8. The van der Waals surface area contributed by atoms with E-state index in [2.05, 4.69) is 85.4 Å². The fraction of sp³-hybridized carbons (Fsp3) is 0.500. The summed E-state index contributed by atoms with van der Waals surface area (Å²) in [6.07, 6.45) is 5.19. The molecule has 0 saturated carbocycles. The number of carbonyl (C=O) groups excluding carboxylic acids is 2. The van der Waals surface area contributed by atoms with Gasteiger partial charge >= 0.3 is 0 Å². The molecule has 0 radical (unpaired) electrons. The molecule has 2 rings (SSSR count). The zero-order valence-electron chi connectivity index (χ0n) is 27.0. The molecule has 0 aromatic heterocycles. The van der Waals surface area contributed by atoms with Gasteiger partial charge in [0.2, 0.25) is 11.8 Å². The lowest BCUT2D eigenvalue weighted by molar-refractivity contribution is -0.129. The minimum Gasteiger partial charge on any atom is -0.355 e. The van der Waals surface area contributed by atoms with E-state index in [9.17, 15) is 9.59 Å². The molecule has 0 atom stereocenters. The van der Waals surface area contributed by atoms with Crippen LogP contribution in [-0.2, 0) is 22.4 Å². The second-order valence-corrected chi connectivity index (χ2v) is 10.7. The third-order valence-corrected chi connectivity index (χ3v) is 7.25.